The number of likely N-dealkylation sites (tertiary alicyclic amines) is 1. The zero-order valence-corrected chi connectivity index (χ0v) is 16.0. The van der Waals surface area contributed by atoms with Gasteiger partial charge in [-0.25, -0.2) is 0 Å². The van der Waals surface area contributed by atoms with E-state index in [4.69, 9.17) is 0 Å². The number of piperidine rings is 1. The molecule has 0 saturated carbocycles. The number of Topliss-reactive ketones (excluding diaryl/α,β-unsaturated/α-hetero) is 1. The van der Waals surface area contributed by atoms with E-state index in [1.165, 1.54) is 12.4 Å². The van der Waals surface area contributed by atoms with E-state index in [1.54, 1.807) is 17.0 Å². The Bertz CT molecular complexity index is 1020. The van der Waals surface area contributed by atoms with E-state index in [0.29, 0.717) is 28.9 Å². The Morgan fingerprint density at radius 2 is 1.62 bits per heavy atom. The molecule has 5 nitrogen and oxygen atoms in total. The van der Waals surface area contributed by atoms with Crippen LogP contribution in [0.3, 0.4) is 0 Å². The number of hydrogen-bond acceptors (Lipinski definition) is 3. The van der Waals surface area contributed by atoms with Crippen molar-refractivity contribution in [3.05, 3.63) is 95.5 Å². The van der Waals surface area contributed by atoms with Crippen molar-refractivity contribution in [1.29, 1.82) is 0 Å². The van der Waals surface area contributed by atoms with Crippen molar-refractivity contribution in [2.75, 3.05) is 13.1 Å². The number of carbonyl (C=O) groups is 2. The van der Waals surface area contributed by atoms with E-state index >= 15 is 0 Å². The first-order valence-electron chi connectivity index (χ1n) is 9.79. The second kappa shape index (κ2) is 8.27. The van der Waals surface area contributed by atoms with Crippen LogP contribution in [0, 0.1) is 11.1 Å². The summed E-state index contributed by atoms with van der Waals surface area (Å²) in [7, 11) is 0. The van der Waals surface area contributed by atoms with Gasteiger partial charge in [-0.15, -0.1) is 0 Å². The minimum absolute atomic E-state index is 0.0639. The van der Waals surface area contributed by atoms with Gasteiger partial charge < -0.3 is 10.1 Å². The zero-order valence-electron chi connectivity index (χ0n) is 16.0. The highest BCUT2D eigenvalue weighted by Crippen LogP contribution is 2.24. The molecule has 2 aromatic carbocycles. The SMILES string of the molecule is O=C(c1ccc(-c2ccccc2)cc1)[C@H]1CCCN(C(=O)c2ccc[n+]([O-])c2)C1. The van der Waals surface area contributed by atoms with Crippen LogP contribution in [0.15, 0.2) is 79.1 Å². The molecule has 0 unspecified atom stereocenters. The lowest BCUT2D eigenvalue weighted by atomic mass is 9.89. The number of rotatable bonds is 4. The Morgan fingerprint density at radius 3 is 2.34 bits per heavy atom. The summed E-state index contributed by atoms with van der Waals surface area (Å²) in [5, 5.41) is 11.5. The highest BCUT2D eigenvalue weighted by Gasteiger charge is 2.30. The monoisotopic (exact) mass is 386 g/mol. The summed E-state index contributed by atoms with van der Waals surface area (Å²) in [4.78, 5) is 27.4. The predicted octanol–water partition coefficient (Wildman–Crippen LogP) is 3.72. The lowest BCUT2D eigenvalue weighted by Gasteiger charge is -2.32. The summed E-state index contributed by atoms with van der Waals surface area (Å²) in [6.45, 7) is 0.981. The summed E-state index contributed by atoms with van der Waals surface area (Å²) in [5.41, 5.74) is 3.20. The predicted molar refractivity (Wildman–Crippen MR) is 110 cm³/mol. The minimum Gasteiger partial charge on any atom is -0.619 e. The van der Waals surface area contributed by atoms with Crippen LogP contribution in [0.5, 0.6) is 0 Å². The highest BCUT2D eigenvalue weighted by molar-refractivity contribution is 5.99. The fraction of sp³-hybridized carbons (Fsp3) is 0.208. The first kappa shape index (κ1) is 18.9. The number of hydrogen-bond donors (Lipinski definition) is 0. The molecule has 1 fully saturated rings. The van der Waals surface area contributed by atoms with E-state index in [0.717, 1.165) is 24.0 Å². The van der Waals surface area contributed by atoms with Gasteiger partial charge in [0.1, 0.15) is 5.56 Å². The first-order valence-corrected chi connectivity index (χ1v) is 9.79. The van der Waals surface area contributed by atoms with Crippen LogP contribution in [0.1, 0.15) is 33.6 Å². The molecule has 0 radical (unpaired) electrons. The number of benzene rings is 2. The maximum atomic E-state index is 13.0. The van der Waals surface area contributed by atoms with Crippen molar-refractivity contribution in [2.45, 2.75) is 12.8 Å². The van der Waals surface area contributed by atoms with Gasteiger partial charge in [-0.05, 0) is 30.0 Å². The van der Waals surface area contributed by atoms with Crippen LogP contribution < -0.4 is 4.73 Å². The zero-order chi connectivity index (χ0) is 20.2. The maximum Gasteiger partial charge on any atom is 0.259 e. The Labute approximate surface area is 169 Å². The van der Waals surface area contributed by atoms with Gasteiger partial charge in [0.05, 0.1) is 0 Å². The quantitative estimate of drug-likeness (QED) is 0.390. The van der Waals surface area contributed by atoms with Crippen molar-refractivity contribution >= 4 is 11.7 Å². The van der Waals surface area contributed by atoms with E-state index in [9.17, 15) is 14.8 Å². The van der Waals surface area contributed by atoms with Crippen LogP contribution in [0.2, 0.25) is 0 Å². The molecule has 3 aromatic rings. The second-order valence-corrected chi connectivity index (χ2v) is 7.35. The molecule has 4 rings (SSSR count). The minimum atomic E-state index is -0.224. The van der Waals surface area contributed by atoms with Gasteiger partial charge >= 0.3 is 0 Å². The molecule has 1 aliphatic heterocycles. The third-order valence-electron chi connectivity index (χ3n) is 5.38. The summed E-state index contributed by atoms with van der Waals surface area (Å²) in [6, 6.07) is 20.9. The molecule has 1 aliphatic rings. The largest absolute Gasteiger partial charge is 0.619 e. The van der Waals surface area contributed by atoms with E-state index < -0.39 is 0 Å². The van der Waals surface area contributed by atoms with Gasteiger partial charge in [0, 0.05) is 30.6 Å². The van der Waals surface area contributed by atoms with Crippen molar-refractivity contribution in [3.63, 3.8) is 0 Å². The van der Waals surface area contributed by atoms with Gasteiger partial charge in [-0.2, -0.15) is 4.73 Å². The topological polar surface area (TPSA) is 64.3 Å². The molecule has 146 valence electrons. The van der Waals surface area contributed by atoms with Crippen LogP contribution in [0.4, 0.5) is 0 Å². The van der Waals surface area contributed by atoms with Gasteiger partial charge in [-0.3, -0.25) is 9.59 Å². The molecule has 29 heavy (non-hydrogen) atoms. The van der Waals surface area contributed by atoms with E-state index in [1.807, 2.05) is 54.6 Å². The molecule has 0 aliphatic carbocycles. The third kappa shape index (κ3) is 4.19. The van der Waals surface area contributed by atoms with Crippen molar-refractivity contribution in [2.24, 2.45) is 5.92 Å². The Hall–Kier alpha value is -3.47. The average Bonchev–Trinajstić information content (AvgIpc) is 2.79. The van der Waals surface area contributed by atoms with Gasteiger partial charge in [0.15, 0.2) is 18.2 Å². The molecule has 1 aromatic heterocycles. The fourth-order valence-electron chi connectivity index (χ4n) is 3.83. The van der Waals surface area contributed by atoms with Crippen LogP contribution in [-0.4, -0.2) is 29.7 Å². The van der Waals surface area contributed by atoms with Gasteiger partial charge in [-0.1, -0.05) is 54.6 Å². The Balaban J connectivity index is 1.46. The number of nitrogens with zero attached hydrogens (tertiary/aromatic N) is 2. The summed E-state index contributed by atoms with van der Waals surface area (Å²) < 4.78 is 0.619. The van der Waals surface area contributed by atoms with Crippen molar-refractivity contribution in [3.8, 4) is 11.1 Å². The summed E-state index contributed by atoms with van der Waals surface area (Å²) in [6.07, 6.45) is 4.16. The van der Waals surface area contributed by atoms with Crippen molar-refractivity contribution in [1.82, 2.24) is 4.90 Å². The Morgan fingerprint density at radius 1 is 0.897 bits per heavy atom. The second-order valence-electron chi connectivity index (χ2n) is 7.35. The fourth-order valence-corrected chi connectivity index (χ4v) is 3.83. The normalized spacial score (nSPS) is 16.4. The lowest BCUT2D eigenvalue weighted by molar-refractivity contribution is -0.605. The molecular weight excluding hydrogens is 364 g/mol. The van der Waals surface area contributed by atoms with E-state index in [-0.39, 0.29) is 17.6 Å². The third-order valence-corrected chi connectivity index (χ3v) is 5.38. The standard InChI is InChI=1S/C24H22N2O3/c27-23(20-12-10-19(11-13-20)18-6-2-1-3-7-18)21-8-4-14-25(16-21)24(28)22-9-5-15-26(29)17-22/h1-3,5-7,9-13,15,17,21H,4,8,14,16H2/t21-/m0/s1. The molecule has 0 bridgehead atoms. The van der Waals surface area contributed by atoms with Crippen LogP contribution in [0.25, 0.3) is 11.1 Å². The number of pyridine rings is 1. The molecular formula is C24H22N2O3. The molecule has 1 amide bonds. The van der Waals surface area contributed by atoms with E-state index in [2.05, 4.69) is 0 Å². The van der Waals surface area contributed by atoms with Crippen LogP contribution in [-0.2, 0) is 0 Å². The smallest absolute Gasteiger partial charge is 0.259 e. The highest BCUT2D eigenvalue weighted by atomic mass is 16.5. The summed E-state index contributed by atoms with van der Waals surface area (Å²) >= 11 is 0. The molecule has 1 saturated heterocycles. The number of amides is 1. The molecule has 0 N–H and O–H groups in total. The summed E-state index contributed by atoms with van der Waals surface area (Å²) in [5.74, 6) is -0.362. The average molecular weight is 386 g/mol. The first-order chi connectivity index (χ1) is 14.1. The number of aromatic nitrogens is 1. The lowest BCUT2D eigenvalue weighted by Crippen LogP contribution is -2.43. The van der Waals surface area contributed by atoms with Crippen molar-refractivity contribution < 1.29 is 14.3 Å². The molecule has 2 heterocycles. The number of carbonyl (C=O) groups excluding carboxylic acids is 2. The van der Waals surface area contributed by atoms with Gasteiger partial charge in [0.2, 0.25) is 0 Å². The molecule has 0 spiro atoms. The molecule has 1 atom stereocenters. The Kier molecular flexibility index (Phi) is 5.38. The van der Waals surface area contributed by atoms with Crippen LogP contribution >= 0.6 is 0 Å². The maximum absolute atomic E-state index is 13.0. The molecule has 5 heteroatoms. The van der Waals surface area contributed by atoms with Gasteiger partial charge in [0.25, 0.3) is 5.91 Å². The number of ketones is 1.